The maximum Gasteiger partial charge on any atom is 0.472 e. The average molecular weight is 1730 g/mol. The Labute approximate surface area is 740 Å². The van der Waals surface area contributed by atoms with Crippen molar-refractivity contribution in [3.8, 4) is 0 Å². The molecule has 121 heavy (non-hydrogen) atoms. The molecule has 4 N–H and O–H groups in total. The van der Waals surface area contributed by atoms with Crippen LogP contribution in [-0.2, 0) is 55.8 Å². The van der Waals surface area contributed by atoms with Crippen LogP contribution in [0.25, 0.3) is 0 Å². The Kier molecular flexibility index (Phi) is 90.5. The number of esters is 3. The minimum Gasteiger partial charge on any atom is -0.463 e. The van der Waals surface area contributed by atoms with Gasteiger partial charge in [-0.2, -0.15) is 0 Å². The van der Waals surface area contributed by atoms with Gasteiger partial charge in [-0.3, -0.25) is 32.5 Å². The summed E-state index contributed by atoms with van der Waals surface area (Å²) >= 11 is 0. The third-order valence-corrected chi connectivity index (χ3v) is 22.6. The standard InChI is InChI=1S/C103H178O16P2/c1-4-7-10-13-16-19-22-25-28-31-34-37-39-41-43-45-47-48-50-52-53-55-57-60-62-65-68-71-74-77-80-83-86-89-101(106)113-92-98(104)93-115-120(109,110)116-94-99(105)95-117-121(111,112)118-97-100(119-103(108)91-88-85-82-79-76-73-70-67-64-59-36-33-30-27-24-21-18-15-12-9-6-3)96-114-102(107)90-87-84-81-78-75-72-69-66-63-61-58-56-54-51-49-46-44-42-40-38-35-32-29-26-23-20-17-14-11-8-5-2/h7,10,16-21,25-30,34-38,41-44,59,67,70,98-100,104-105H,4-6,8-9,11-15,22-24,31-33,39-40,45-58,60-66,68-69,71-97H2,1-3H3,(H,109,110)(H,111,112)/b10-7-,19-16-,20-17-,21-18-,28-25-,29-26-,30-27-,37-34-,38-35-,43-41-,44-42-,59-36-,70-67-. The summed E-state index contributed by atoms with van der Waals surface area (Å²) in [7, 11) is -9.82. The van der Waals surface area contributed by atoms with Gasteiger partial charge in [0.05, 0.1) is 26.4 Å². The normalized spacial score (nSPS) is 14.4. The van der Waals surface area contributed by atoms with Gasteiger partial charge < -0.3 is 34.2 Å². The fourth-order valence-corrected chi connectivity index (χ4v) is 14.9. The molecular formula is C103H178O16P2. The highest BCUT2D eigenvalue weighted by molar-refractivity contribution is 7.47. The van der Waals surface area contributed by atoms with Crippen LogP contribution in [0.4, 0.5) is 0 Å². The van der Waals surface area contributed by atoms with Crippen molar-refractivity contribution in [1.29, 1.82) is 0 Å². The van der Waals surface area contributed by atoms with Crippen LogP contribution >= 0.6 is 15.6 Å². The van der Waals surface area contributed by atoms with E-state index >= 15 is 0 Å². The van der Waals surface area contributed by atoms with Crippen LogP contribution in [0.15, 0.2) is 158 Å². The fourth-order valence-electron chi connectivity index (χ4n) is 13.3. The van der Waals surface area contributed by atoms with Crippen molar-refractivity contribution in [2.24, 2.45) is 0 Å². The molecule has 16 nitrogen and oxygen atoms in total. The molecule has 0 heterocycles. The second-order valence-electron chi connectivity index (χ2n) is 32.5. The van der Waals surface area contributed by atoms with Gasteiger partial charge in [-0.25, -0.2) is 9.13 Å². The number of phosphoric ester groups is 2. The van der Waals surface area contributed by atoms with Crippen LogP contribution in [0.1, 0.15) is 419 Å². The Morgan fingerprint density at radius 2 is 0.438 bits per heavy atom. The SMILES string of the molecule is CC/C=C\C/C=C\C/C=C\C/C=C\C/C=C\CCCCCCCCCCCCCCCCCCCC(=O)OCC(O)COP(=O)(O)OCC(O)COP(=O)(O)OCC(COC(=O)CCCCCCCCCCCCCCCCC/C=C\C/C=C\C/C=C\C/C=C\CCCCC)OC(=O)CCCCCCC/C=C\C/C=C\C/C=C\C/C=C\CCCCC. The summed E-state index contributed by atoms with van der Waals surface area (Å²) in [6, 6.07) is 0. The molecule has 0 aromatic rings. The molecule has 0 fully saturated rings. The second-order valence-corrected chi connectivity index (χ2v) is 35.4. The first-order valence-electron chi connectivity index (χ1n) is 48.8. The highest BCUT2D eigenvalue weighted by Crippen LogP contribution is 2.45. The molecule has 0 amide bonds. The van der Waals surface area contributed by atoms with E-state index in [1.807, 2.05) is 0 Å². The van der Waals surface area contributed by atoms with Gasteiger partial charge in [0.1, 0.15) is 25.4 Å². The van der Waals surface area contributed by atoms with E-state index in [1.165, 1.54) is 212 Å². The lowest BCUT2D eigenvalue weighted by Gasteiger charge is -2.21. The monoisotopic (exact) mass is 1730 g/mol. The van der Waals surface area contributed by atoms with Gasteiger partial charge in [-0.1, -0.05) is 403 Å². The smallest absolute Gasteiger partial charge is 0.463 e. The molecule has 0 spiro atoms. The van der Waals surface area contributed by atoms with Gasteiger partial charge in [0.25, 0.3) is 0 Å². The fraction of sp³-hybridized carbons (Fsp3) is 0.718. The molecule has 0 aliphatic heterocycles. The van der Waals surface area contributed by atoms with Crippen molar-refractivity contribution < 1.29 is 75.8 Å². The number of aliphatic hydroxyl groups excluding tert-OH is 2. The summed E-state index contributed by atoms with van der Waals surface area (Å²) < 4.78 is 61.6. The van der Waals surface area contributed by atoms with Gasteiger partial charge >= 0.3 is 33.6 Å². The first-order valence-corrected chi connectivity index (χ1v) is 51.8. The quantitative estimate of drug-likeness (QED) is 0.0146. The van der Waals surface area contributed by atoms with E-state index in [2.05, 4.69) is 179 Å². The molecule has 5 unspecified atom stereocenters. The summed E-state index contributed by atoms with van der Waals surface area (Å²) in [4.78, 5) is 59.1. The zero-order valence-electron chi connectivity index (χ0n) is 76.9. The highest BCUT2D eigenvalue weighted by atomic mass is 31.2. The summed E-state index contributed by atoms with van der Waals surface area (Å²) in [5, 5.41) is 20.8. The zero-order chi connectivity index (χ0) is 87.9. The van der Waals surface area contributed by atoms with Gasteiger partial charge in [-0.15, -0.1) is 0 Å². The minimum absolute atomic E-state index is 0.0816. The average Bonchev–Trinajstić information content (AvgIpc) is 0.889. The van der Waals surface area contributed by atoms with Crippen LogP contribution < -0.4 is 0 Å². The van der Waals surface area contributed by atoms with E-state index in [0.29, 0.717) is 19.3 Å². The zero-order valence-corrected chi connectivity index (χ0v) is 78.7. The number of carbonyl (C=O) groups is 3. The van der Waals surface area contributed by atoms with Crippen molar-refractivity contribution in [2.75, 3.05) is 39.6 Å². The number of aliphatic hydroxyl groups is 2. The molecule has 0 bridgehead atoms. The van der Waals surface area contributed by atoms with Crippen molar-refractivity contribution in [3.05, 3.63) is 158 Å². The van der Waals surface area contributed by atoms with E-state index in [0.717, 1.165) is 148 Å². The molecule has 18 heteroatoms. The van der Waals surface area contributed by atoms with Crippen LogP contribution in [0.5, 0.6) is 0 Å². The summed E-state index contributed by atoms with van der Waals surface area (Å²) in [5.74, 6) is -1.58. The van der Waals surface area contributed by atoms with E-state index in [1.54, 1.807) is 0 Å². The Morgan fingerprint density at radius 1 is 0.240 bits per heavy atom. The third kappa shape index (κ3) is 95.7. The number of phosphoric acid groups is 2. The van der Waals surface area contributed by atoms with Gasteiger partial charge in [0.15, 0.2) is 6.10 Å². The number of carbonyl (C=O) groups excluding carboxylic acids is 3. The topological polar surface area (TPSA) is 231 Å². The molecule has 696 valence electrons. The van der Waals surface area contributed by atoms with E-state index in [4.69, 9.17) is 32.3 Å². The van der Waals surface area contributed by atoms with Crippen LogP contribution in [0, 0.1) is 0 Å². The number of allylic oxidation sites excluding steroid dienone is 26. The lowest BCUT2D eigenvalue weighted by Crippen LogP contribution is -2.30. The van der Waals surface area contributed by atoms with Crippen molar-refractivity contribution in [2.45, 2.75) is 437 Å². The maximum atomic E-state index is 13.1. The second kappa shape index (κ2) is 94.3. The van der Waals surface area contributed by atoms with Crippen LogP contribution in [0.3, 0.4) is 0 Å². The number of hydrogen-bond acceptors (Lipinski definition) is 14. The first kappa shape index (κ1) is 116. The molecule has 5 atom stereocenters. The lowest BCUT2D eigenvalue weighted by atomic mass is 10.0. The Hall–Kier alpha value is -4.83. The van der Waals surface area contributed by atoms with Gasteiger partial charge in [-0.05, 0) is 154 Å². The molecule has 0 rings (SSSR count). The van der Waals surface area contributed by atoms with Crippen molar-refractivity contribution in [3.63, 3.8) is 0 Å². The number of rotatable bonds is 92. The van der Waals surface area contributed by atoms with Crippen LogP contribution in [0.2, 0.25) is 0 Å². The summed E-state index contributed by atoms with van der Waals surface area (Å²) in [6.07, 6.45) is 122. The Morgan fingerprint density at radius 3 is 0.694 bits per heavy atom. The molecular weight excluding hydrogens is 1560 g/mol. The Balaban J connectivity index is 4.56. The highest BCUT2D eigenvalue weighted by Gasteiger charge is 2.30. The minimum atomic E-state index is -4.95. The number of ether oxygens (including phenoxy) is 3. The van der Waals surface area contributed by atoms with E-state index in [-0.39, 0.29) is 19.3 Å². The first-order chi connectivity index (χ1) is 59.2. The molecule has 0 radical (unpaired) electrons. The predicted octanol–water partition coefficient (Wildman–Crippen LogP) is 30.5. The lowest BCUT2D eigenvalue weighted by molar-refractivity contribution is -0.161. The van der Waals surface area contributed by atoms with Crippen LogP contribution in [-0.4, -0.2) is 95.9 Å². The molecule has 0 aromatic carbocycles. The largest absolute Gasteiger partial charge is 0.472 e. The molecule has 0 aliphatic carbocycles. The van der Waals surface area contributed by atoms with E-state index < -0.39 is 91.5 Å². The molecule has 0 aliphatic rings. The van der Waals surface area contributed by atoms with Gasteiger partial charge in [0.2, 0.25) is 0 Å². The summed E-state index contributed by atoms with van der Waals surface area (Å²) in [6.45, 7) is 2.55. The Bertz CT molecular complexity index is 2830. The summed E-state index contributed by atoms with van der Waals surface area (Å²) in [5.41, 5.74) is 0. The van der Waals surface area contributed by atoms with Gasteiger partial charge in [0, 0.05) is 19.3 Å². The molecule has 0 saturated heterocycles. The maximum absolute atomic E-state index is 13.1. The molecule has 0 aromatic heterocycles. The number of unbranched alkanes of at least 4 members (excludes halogenated alkanes) is 43. The number of hydrogen-bond donors (Lipinski definition) is 4. The van der Waals surface area contributed by atoms with Crippen molar-refractivity contribution >= 4 is 33.6 Å². The third-order valence-electron chi connectivity index (χ3n) is 20.7. The predicted molar refractivity (Wildman–Crippen MR) is 509 cm³/mol. The van der Waals surface area contributed by atoms with E-state index in [9.17, 15) is 43.5 Å². The van der Waals surface area contributed by atoms with Crippen molar-refractivity contribution in [1.82, 2.24) is 0 Å². The molecule has 0 saturated carbocycles.